The molecule has 5 nitrogen and oxygen atoms in total. The highest BCUT2D eigenvalue weighted by Crippen LogP contribution is 2.35. The van der Waals surface area contributed by atoms with E-state index in [-0.39, 0.29) is 17.5 Å². The molecule has 1 atom stereocenters. The number of rotatable bonds is 3. The van der Waals surface area contributed by atoms with Crippen LogP contribution in [0.5, 0.6) is 0 Å². The molecule has 2 fully saturated rings. The van der Waals surface area contributed by atoms with Crippen LogP contribution in [0.2, 0.25) is 0 Å². The number of likely N-dealkylation sites (tertiary alicyclic amines) is 1. The van der Waals surface area contributed by atoms with Gasteiger partial charge < -0.3 is 4.90 Å². The maximum atomic E-state index is 12.4. The van der Waals surface area contributed by atoms with Crippen molar-refractivity contribution in [2.45, 2.75) is 37.6 Å². The van der Waals surface area contributed by atoms with Crippen LogP contribution in [0.4, 0.5) is 5.69 Å². The molecule has 1 aromatic carbocycles. The lowest BCUT2D eigenvalue weighted by atomic mass is 9.91. The molecule has 0 bridgehead atoms. The van der Waals surface area contributed by atoms with E-state index in [0.717, 1.165) is 31.4 Å². The van der Waals surface area contributed by atoms with E-state index in [1.165, 1.54) is 18.6 Å². The minimum Gasteiger partial charge on any atom is -0.339 e. The second kappa shape index (κ2) is 4.64. The molecule has 0 spiro atoms. The van der Waals surface area contributed by atoms with Gasteiger partial charge in [0.15, 0.2) is 0 Å². The van der Waals surface area contributed by atoms with Crippen molar-refractivity contribution in [3.05, 3.63) is 39.9 Å². The normalized spacial score (nSPS) is 23.5. The first kappa shape index (κ1) is 12.1. The van der Waals surface area contributed by atoms with E-state index in [2.05, 4.69) is 0 Å². The van der Waals surface area contributed by atoms with Crippen molar-refractivity contribution in [3.8, 4) is 0 Å². The first-order valence-corrected chi connectivity index (χ1v) is 6.71. The topological polar surface area (TPSA) is 63.4 Å². The van der Waals surface area contributed by atoms with Crippen molar-refractivity contribution in [2.75, 3.05) is 6.54 Å². The van der Waals surface area contributed by atoms with Crippen molar-refractivity contribution in [1.82, 2.24) is 4.90 Å². The zero-order valence-corrected chi connectivity index (χ0v) is 10.6. The predicted molar refractivity (Wildman–Crippen MR) is 69.8 cm³/mol. The Bertz CT molecular complexity index is 508. The first-order valence-electron chi connectivity index (χ1n) is 6.71. The molecule has 1 amide bonds. The van der Waals surface area contributed by atoms with Gasteiger partial charge in [-0.3, -0.25) is 14.9 Å². The second-order valence-corrected chi connectivity index (χ2v) is 5.31. The molecule has 0 radical (unpaired) electrons. The average Bonchev–Trinajstić information content (AvgIpc) is 2.70. The Balaban J connectivity index is 1.75. The maximum Gasteiger partial charge on any atom is 0.269 e. The molecular formula is C14H16N2O3. The summed E-state index contributed by atoms with van der Waals surface area (Å²) >= 11 is 0. The van der Waals surface area contributed by atoms with E-state index in [1.54, 1.807) is 12.1 Å². The number of carbonyl (C=O) groups excluding carboxylic acids is 1. The van der Waals surface area contributed by atoms with Crippen LogP contribution in [0.25, 0.3) is 0 Å². The lowest BCUT2D eigenvalue weighted by Gasteiger charge is -2.34. The molecule has 0 N–H and O–H groups in total. The highest BCUT2D eigenvalue weighted by Gasteiger charge is 2.38. The summed E-state index contributed by atoms with van der Waals surface area (Å²) in [5.74, 6) is 0.0833. The smallest absolute Gasteiger partial charge is 0.269 e. The lowest BCUT2D eigenvalue weighted by Crippen LogP contribution is -2.41. The van der Waals surface area contributed by atoms with Crippen LogP contribution in [0.3, 0.4) is 0 Å². The van der Waals surface area contributed by atoms with Crippen molar-refractivity contribution < 1.29 is 9.72 Å². The zero-order valence-electron chi connectivity index (χ0n) is 10.6. The maximum absolute atomic E-state index is 12.4. The third kappa shape index (κ3) is 2.09. The fourth-order valence-corrected chi connectivity index (χ4v) is 2.90. The van der Waals surface area contributed by atoms with Crippen molar-refractivity contribution in [3.63, 3.8) is 0 Å². The predicted octanol–water partition coefficient (Wildman–Crippen LogP) is 2.46. The van der Waals surface area contributed by atoms with Crippen molar-refractivity contribution in [2.24, 2.45) is 0 Å². The van der Waals surface area contributed by atoms with Crippen LogP contribution in [0.15, 0.2) is 24.3 Å². The number of amides is 1. The van der Waals surface area contributed by atoms with E-state index in [9.17, 15) is 14.9 Å². The molecule has 2 aliphatic rings. The molecule has 1 heterocycles. The molecule has 1 aliphatic heterocycles. The standard InChI is InChI=1S/C14H16N2O3/c17-14-13(8-9-15(14)11-2-1-3-11)10-4-6-12(7-5-10)16(18)19/h4-7,11,13H,1-3,8-9H2. The number of hydrogen-bond acceptors (Lipinski definition) is 3. The molecule has 1 saturated heterocycles. The minimum absolute atomic E-state index is 0.0741. The molecule has 1 unspecified atom stereocenters. The lowest BCUT2D eigenvalue weighted by molar-refractivity contribution is -0.384. The van der Waals surface area contributed by atoms with Gasteiger partial charge in [-0.1, -0.05) is 12.1 Å². The zero-order chi connectivity index (χ0) is 13.4. The molecule has 1 aliphatic carbocycles. The van der Waals surface area contributed by atoms with Crippen LogP contribution in [-0.4, -0.2) is 28.3 Å². The van der Waals surface area contributed by atoms with Gasteiger partial charge in [-0.2, -0.15) is 0 Å². The number of carbonyl (C=O) groups is 1. The van der Waals surface area contributed by atoms with Gasteiger partial charge in [-0.05, 0) is 31.2 Å². The summed E-state index contributed by atoms with van der Waals surface area (Å²) in [6.07, 6.45) is 4.29. The number of nitrogens with zero attached hydrogens (tertiary/aromatic N) is 2. The van der Waals surface area contributed by atoms with Gasteiger partial charge in [0.05, 0.1) is 10.8 Å². The Labute approximate surface area is 111 Å². The number of benzene rings is 1. The highest BCUT2D eigenvalue weighted by molar-refractivity contribution is 5.86. The van der Waals surface area contributed by atoms with E-state index < -0.39 is 4.92 Å². The fourth-order valence-electron chi connectivity index (χ4n) is 2.90. The average molecular weight is 260 g/mol. The van der Waals surface area contributed by atoms with Gasteiger partial charge in [0, 0.05) is 24.7 Å². The molecule has 1 saturated carbocycles. The summed E-state index contributed by atoms with van der Waals surface area (Å²) in [5.41, 5.74) is 0.975. The summed E-state index contributed by atoms with van der Waals surface area (Å²) in [7, 11) is 0. The number of nitro groups is 1. The summed E-state index contributed by atoms with van der Waals surface area (Å²) < 4.78 is 0. The van der Waals surface area contributed by atoms with Gasteiger partial charge in [0.25, 0.3) is 5.69 Å². The molecule has 5 heteroatoms. The first-order chi connectivity index (χ1) is 9.16. The van der Waals surface area contributed by atoms with Crippen molar-refractivity contribution in [1.29, 1.82) is 0 Å². The van der Waals surface area contributed by atoms with Gasteiger partial charge in [0.2, 0.25) is 5.91 Å². The van der Waals surface area contributed by atoms with Crippen LogP contribution in [0.1, 0.15) is 37.2 Å². The summed E-state index contributed by atoms with van der Waals surface area (Å²) in [6.45, 7) is 0.825. The highest BCUT2D eigenvalue weighted by atomic mass is 16.6. The molecule has 3 rings (SSSR count). The van der Waals surface area contributed by atoms with Crippen molar-refractivity contribution >= 4 is 11.6 Å². The third-order valence-electron chi connectivity index (χ3n) is 4.26. The molecule has 0 aromatic heterocycles. The van der Waals surface area contributed by atoms with E-state index in [1.807, 2.05) is 4.90 Å². The van der Waals surface area contributed by atoms with Gasteiger partial charge in [-0.15, -0.1) is 0 Å². The van der Waals surface area contributed by atoms with Gasteiger partial charge in [0.1, 0.15) is 0 Å². The Morgan fingerprint density at radius 2 is 1.84 bits per heavy atom. The molecule has 100 valence electrons. The second-order valence-electron chi connectivity index (χ2n) is 5.31. The Morgan fingerprint density at radius 1 is 1.16 bits per heavy atom. The number of nitro benzene ring substituents is 1. The molecule has 19 heavy (non-hydrogen) atoms. The Kier molecular flexibility index (Phi) is 2.97. The van der Waals surface area contributed by atoms with Gasteiger partial charge in [-0.25, -0.2) is 0 Å². The van der Waals surface area contributed by atoms with Gasteiger partial charge >= 0.3 is 0 Å². The van der Waals surface area contributed by atoms with Crippen LogP contribution in [-0.2, 0) is 4.79 Å². The third-order valence-corrected chi connectivity index (χ3v) is 4.26. The Hall–Kier alpha value is -1.91. The fraction of sp³-hybridized carbons (Fsp3) is 0.500. The minimum atomic E-state index is -0.416. The SMILES string of the molecule is O=C1C(c2ccc([N+](=O)[O-])cc2)CCN1C1CCC1. The monoisotopic (exact) mass is 260 g/mol. The summed E-state index contributed by atoms with van der Waals surface area (Å²) in [5, 5.41) is 10.6. The van der Waals surface area contributed by atoms with E-state index in [4.69, 9.17) is 0 Å². The number of hydrogen-bond donors (Lipinski definition) is 0. The van der Waals surface area contributed by atoms with Crippen LogP contribution in [0, 0.1) is 10.1 Å². The van der Waals surface area contributed by atoms with Crippen LogP contribution < -0.4 is 0 Å². The number of non-ortho nitro benzene ring substituents is 1. The largest absolute Gasteiger partial charge is 0.339 e. The quantitative estimate of drug-likeness (QED) is 0.619. The van der Waals surface area contributed by atoms with E-state index >= 15 is 0 Å². The van der Waals surface area contributed by atoms with E-state index in [0.29, 0.717) is 6.04 Å². The Morgan fingerprint density at radius 3 is 2.37 bits per heavy atom. The molecular weight excluding hydrogens is 244 g/mol. The van der Waals surface area contributed by atoms with Crippen LogP contribution >= 0.6 is 0 Å². The molecule has 1 aromatic rings. The summed E-state index contributed by atoms with van der Waals surface area (Å²) in [4.78, 5) is 24.5. The summed E-state index contributed by atoms with van der Waals surface area (Å²) in [6, 6.07) is 6.83.